The van der Waals surface area contributed by atoms with Gasteiger partial charge in [-0.25, -0.2) is 0 Å². The van der Waals surface area contributed by atoms with Crippen molar-refractivity contribution in [2.45, 2.75) is 13.2 Å². The Labute approximate surface area is 154 Å². The summed E-state index contributed by atoms with van der Waals surface area (Å²) in [7, 11) is 1.67. The van der Waals surface area contributed by atoms with Crippen molar-refractivity contribution in [3.8, 4) is 11.5 Å². The quantitative estimate of drug-likeness (QED) is 0.486. The van der Waals surface area contributed by atoms with Crippen molar-refractivity contribution < 1.29 is 9.47 Å². The van der Waals surface area contributed by atoms with Gasteiger partial charge in [0, 0.05) is 11.1 Å². The third-order valence-corrected chi connectivity index (χ3v) is 3.91. The van der Waals surface area contributed by atoms with Crippen molar-refractivity contribution in [1.82, 2.24) is 5.43 Å². The molecule has 3 aromatic rings. The van der Waals surface area contributed by atoms with Gasteiger partial charge in [-0.15, -0.1) is 0 Å². The van der Waals surface area contributed by atoms with Crippen molar-refractivity contribution in [3.63, 3.8) is 0 Å². The molecule has 4 nitrogen and oxygen atoms in total. The third-order valence-electron chi connectivity index (χ3n) is 3.91. The molecule has 0 aliphatic rings. The summed E-state index contributed by atoms with van der Waals surface area (Å²) >= 11 is 0. The molecule has 0 radical (unpaired) electrons. The van der Waals surface area contributed by atoms with Crippen LogP contribution in [0, 0.1) is 0 Å². The molecule has 0 aliphatic carbocycles. The first-order valence-electron chi connectivity index (χ1n) is 8.50. The van der Waals surface area contributed by atoms with E-state index < -0.39 is 0 Å². The van der Waals surface area contributed by atoms with Gasteiger partial charge >= 0.3 is 0 Å². The zero-order valence-corrected chi connectivity index (χ0v) is 14.8. The predicted octanol–water partition coefficient (Wildman–Crippen LogP) is 4.40. The summed E-state index contributed by atoms with van der Waals surface area (Å²) in [6, 6.07) is 25.8. The van der Waals surface area contributed by atoms with E-state index in [4.69, 9.17) is 9.47 Å². The minimum atomic E-state index is 0.528. The summed E-state index contributed by atoms with van der Waals surface area (Å²) in [4.78, 5) is 0. The molecule has 0 heterocycles. The van der Waals surface area contributed by atoms with Crippen LogP contribution in [0.2, 0.25) is 0 Å². The highest BCUT2D eigenvalue weighted by Gasteiger charge is 2.02. The minimum absolute atomic E-state index is 0.528. The third kappa shape index (κ3) is 4.86. The number of hydrogen-bond donors (Lipinski definition) is 1. The van der Waals surface area contributed by atoms with Crippen LogP contribution in [-0.4, -0.2) is 13.3 Å². The fourth-order valence-electron chi connectivity index (χ4n) is 2.55. The van der Waals surface area contributed by atoms with Gasteiger partial charge in [0.1, 0.15) is 18.1 Å². The zero-order chi connectivity index (χ0) is 18.0. The number of benzene rings is 3. The number of hydrogen-bond acceptors (Lipinski definition) is 4. The Morgan fingerprint density at radius 1 is 0.846 bits per heavy atom. The molecular formula is C22H22N2O2. The Balaban J connectivity index is 1.60. The zero-order valence-electron chi connectivity index (χ0n) is 14.8. The van der Waals surface area contributed by atoms with Gasteiger partial charge in [0.2, 0.25) is 0 Å². The van der Waals surface area contributed by atoms with Crippen molar-refractivity contribution in [2.24, 2.45) is 5.10 Å². The molecule has 0 atom stereocenters. The van der Waals surface area contributed by atoms with E-state index >= 15 is 0 Å². The van der Waals surface area contributed by atoms with Crippen LogP contribution in [0.5, 0.6) is 11.5 Å². The van der Waals surface area contributed by atoms with Crippen LogP contribution in [0.3, 0.4) is 0 Å². The van der Waals surface area contributed by atoms with Gasteiger partial charge in [-0.1, -0.05) is 60.7 Å². The summed E-state index contributed by atoms with van der Waals surface area (Å²) in [6.45, 7) is 1.12. The second-order valence-corrected chi connectivity index (χ2v) is 5.72. The lowest BCUT2D eigenvalue weighted by Crippen LogP contribution is -2.07. The smallest absolute Gasteiger partial charge is 0.128 e. The minimum Gasteiger partial charge on any atom is -0.496 e. The SMILES string of the molecule is COc1ccccc1CN/N=C/c1ccccc1OCc1ccccc1. The van der Waals surface area contributed by atoms with Crippen molar-refractivity contribution in [3.05, 3.63) is 95.6 Å². The first-order chi connectivity index (χ1) is 12.9. The Hall–Kier alpha value is -3.27. The highest BCUT2D eigenvalue weighted by Crippen LogP contribution is 2.18. The molecule has 0 unspecified atom stereocenters. The fourth-order valence-corrected chi connectivity index (χ4v) is 2.55. The molecule has 4 heteroatoms. The lowest BCUT2D eigenvalue weighted by Gasteiger charge is -2.09. The van der Waals surface area contributed by atoms with Gasteiger partial charge in [-0.2, -0.15) is 5.10 Å². The van der Waals surface area contributed by atoms with Crippen LogP contribution in [0.4, 0.5) is 0 Å². The molecule has 0 fully saturated rings. The topological polar surface area (TPSA) is 42.8 Å². The monoisotopic (exact) mass is 346 g/mol. The molecule has 132 valence electrons. The molecule has 1 N–H and O–H groups in total. The van der Waals surface area contributed by atoms with E-state index in [0.29, 0.717) is 13.2 Å². The molecule has 3 aromatic carbocycles. The summed E-state index contributed by atoms with van der Waals surface area (Å²) in [5.74, 6) is 1.65. The van der Waals surface area contributed by atoms with Gasteiger partial charge in [0.25, 0.3) is 0 Å². The molecule has 0 aliphatic heterocycles. The van der Waals surface area contributed by atoms with Crippen LogP contribution < -0.4 is 14.9 Å². The average molecular weight is 346 g/mol. The van der Waals surface area contributed by atoms with Gasteiger partial charge in [0.05, 0.1) is 19.9 Å². The Morgan fingerprint density at radius 3 is 2.35 bits per heavy atom. The van der Waals surface area contributed by atoms with Crippen LogP contribution in [0.15, 0.2) is 84.0 Å². The van der Waals surface area contributed by atoms with Gasteiger partial charge < -0.3 is 14.9 Å². The van der Waals surface area contributed by atoms with Crippen LogP contribution in [0.1, 0.15) is 16.7 Å². The first-order valence-corrected chi connectivity index (χ1v) is 8.50. The van der Waals surface area contributed by atoms with Crippen LogP contribution in [-0.2, 0) is 13.2 Å². The van der Waals surface area contributed by atoms with E-state index in [2.05, 4.69) is 10.5 Å². The van der Waals surface area contributed by atoms with Crippen molar-refractivity contribution in [1.29, 1.82) is 0 Å². The van der Waals surface area contributed by atoms with E-state index in [1.54, 1.807) is 13.3 Å². The first kappa shape index (κ1) is 17.5. The van der Waals surface area contributed by atoms with Crippen molar-refractivity contribution in [2.75, 3.05) is 7.11 Å². The molecule has 0 bridgehead atoms. The summed E-state index contributed by atoms with van der Waals surface area (Å²) in [6.07, 6.45) is 1.77. The fraction of sp³-hybridized carbons (Fsp3) is 0.136. The molecule has 0 saturated heterocycles. The predicted molar refractivity (Wildman–Crippen MR) is 105 cm³/mol. The van der Waals surface area contributed by atoms with E-state index in [0.717, 1.165) is 28.2 Å². The van der Waals surface area contributed by atoms with Gasteiger partial charge in [-0.3, -0.25) is 0 Å². The number of hydrazone groups is 1. The summed E-state index contributed by atoms with van der Waals surface area (Å²) in [5.41, 5.74) is 6.18. The Kier molecular flexibility index (Phi) is 6.26. The average Bonchev–Trinajstić information content (AvgIpc) is 2.71. The highest BCUT2D eigenvalue weighted by atomic mass is 16.5. The van der Waals surface area contributed by atoms with E-state index in [-0.39, 0.29) is 0 Å². The summed E-state index contributed by atoms with van der Waals surface area (Å²) < 4.78 is 11.3. The van der Waals surface area contributed by atoms with E-state index in [1.165, 1.54) is 0 Å². The number of ether oxygens (including phenoxy) is 2. The van der Waals surface area contributed by atoms with Gasteiger partial charge in [0.15, 0.2) is 0 Å². The maximum atomic E-state index is 5.94. The molecule has 0 aromatic heterocycles. The molecular weight excluding hydrogens is 324 g/mol. The number of nitrogens with zero attached hydrogens (tertiary/aromatic N) is 1. The normalized spacial score (nSPS) is 10.7. The molecule has 0 spiro atoms. The molecule has 26 heavy (non-hydrogen) atoms. The van der Waals surface area contributed by atoms with Gasteiger partial charge in [-0.05, 0) is 23.8 Å². The number of rotatable bonds is 8. The molecule has 0 saturated carbocycles. The maximum absolute atomic E-state index is 5.94. The Bertz CT molecular complexity index is 848. The largest absolute Gasteiger partial charge is 0.496 e. The van der Waals surface area contributed by atoms with Crippen LogP contribution in [0.25, 0.3) is 0 Å². The molecule has 3 rings (SSSR count). The Morgan fingerprint density at radius 2 is 1.54 bits per heavy atom. The van der Waals surface area contributed by atoms with Crippen LogP contribution >= 0.6 is 0 Å². The number of nitrogens with one attached hydrogen (secondary N) is 1. The highest BCUT2D eigenvalue weighted by molar-refractivity contribution is 5.83. The van der Waals surface area contributed by atoms with E-state index in [9.17, 15) is 0 Å². The standard InChI is InChI=1S/C22H22N2O2/c1-25-21-13-7-5-11-19(21)15-23-24-16-20-12-6-8-14-22(20)26-17-18-9-3-2-4-10-18/h2-14,16,23H,15,17H2,1H3/b24-16+. The second kappa shape index (κ2) is 9.28. The van der Waals surface area contributed by atoms with Crippen molar-refractivity contribution >= 4 is 6.21 Å². The number of para-hydroxylation sites is 2. The number of methoxy groups -OCH3 is 1. The lowest BCUT2D eigenvalue weighted by atomic mass is 10.2. The maximum Gasteiger partial charge on any atom is 0.128 e. The summed E-state index contributed by atoms with van der Waals surface area (Å²) in [5, 5.41) is 4.32. The van der Waals surface area contributed by atoms with E-state index in [1.807, 2.05) is 78.9 Å². The second-order valence-electron chi connectivity index (χ2n) is 5.72. The lowest BCUT2D eigenvalue weighted by molar-refractivity contribution is 0.306. The molecule has 0 amide bonds.